The molecule has 3 nitrogen and oxygen atoms in total. The van der Waals surface area contributed by atoms with Crippen LogP contribution < -0.4 is 5.73 Å². The van der Waals surface area contributed by atoms with Gasteiger partial charge in [0.05, 0.1) is 15.1 Å². The number of hydrogen-bond donors (Lipinski definition) is 1. The fourth-order valence-electron chi connectivity index (χ4n) is 1.92. The molecule has 2 aromatic rings. The van der Waals surface area contributed by atoms with Crippen LogP contribution in [0.5, 0.6) is 0 Å². The van der Waals surface area contributed by atoms with E-state index in [-0.39, 0.29) is 15.1 Å². The van der Waals surface area contributed by atoms with Crippen LogP contribution in [0, 0.1) is 18.6 Å². The number of nitrogens with two attached hydrogens (primary N) is 1. The van der Waals surface area contributed by atoms with Crippen molar-refractivity contribution < 1.29 is 17.2 Å². The Balaban J connectivity index is 2.53. The van der Waals surface area contributed by atoms with E-state index in [0.717, 1.165) is 6.07 Å². The van der Waals surface area contributed by atoms with Crippen molar-refractivity contribution in [2.75, 3.05) is 5.73 Å². The first kappa shape index (κ1) is 15.9. The highest BCUT2D eigenvalue weighted by Crippen LogP contribution is 2.27. The van der Waals surface area contributed by atoms with Crippen LogP contribution in [0.4, 0.5) is 14.5 Å². The van der Waals surface area contributed by atoms with Gasteiger partial charge in [0.2, 0.25) is 0 Å². The van der Waals surface area contributed by atoms with Gasteiger partial charge in [0.25, 0.3) is 0 Å². The maximum atomic E-state index is 13.9. The van der Waals surface area contributed by atoms with Crippen molar-refractivity contribution in [3.8, 4) is 0 Å². The van der Waals surface area contributed by atoms with Crippen molar-refractivity contribution in [1.82, 2.24) is 0 Å². The van der Waals surface area contributed by atoms with E-state index in [4.69, 9.17) is 5.73 Å². The third kappa shape index (κ3) is 3.24. The average Bonchev–Trinajstić information content (AvgIpc) is 2.42. The Morgan fingerprint density at radius 3 is 2.52 bits per heavy atom. The van der Waals surface area contributed by atoms with Crippen LogP contribution >= 0.6 is 15.9 Å². The highest BCUT2D eigenvalue weighted by molar-refractivity contribution is 9.10. The standard InChI is InChI=1S/C14H12BrF2NO2S/c1-8-2-3-9(18)6-13(8)21(19,20)7-10-12(16)5-4-11(15)14(10)17/h2-6H,7,18H2,1H3. The quantitative estimate of drug-likeness (QED) is 0.658. The molecule has 0 heterocycles. The SMILES string of the molecule is Cc1ccc(N)cc1S(=O)(=O)Cc1c(F)ccc(Br)c1F. The van der Waals surface area contributed by atoms with Gasteiger partial charge < -0.3 is 5.73 Å². The van der Waals surface area contributed by atoms with E-state index >= 15 is 0 Å². The molecule has 0 radical (unpaired) electrons. The molecule has 2 N–H and O–H groups in total. The second-order valence-corrected chi connectivity index (χ2v) is 7.42. The van der Waals surface area contributed by atoms with E-state index in [1.165, 1.54) is 12.1 Å². The number of sulfone groups is 1. The zero-order valence-electron chi connectivity index (χ0n) is 11.0. The predicted octanol–water partition coefficient (Wildman–Crippen LogP) is 3.59. The Hall–Kier alpha value is -1.47. The number of aryl methyl sites for hydroxylation is 1. The van der Waals surface area contributed by atoms with Gasteiger partial charge in [-0.2, -0.15) is 0 Å². The molecule has 0 fully saturated rings. The van der Waals surface area contributed by atoms with Gasteiger partial charge in [-0.1, -0.05) is 6.07 Å². The Morgan fingerprint density at radius 2 is 1.86 bits per heavy atom. The van der Waals surface area contributed by atoms with Crippen LogP contribution in [0.1, 0.15) is 11.1 Å². The first-order chi connectivity index (χ1) is 9.72. The minimum absolute atomic E-state index is 0.0124. The first-order valence-electron chi connectivity index (χ1n) is 5.93. The largest absolute Gasteiger partial charge is 0.399 e. The molecule has 0 spiro atoms. The van der Waals surface area contributed by atoms with Crippen LogP contribution in [0.25, 0.3) is 0 Å². The van der Waals surface area contributed by atoms with Gasteiger partial charge in [-0.15, -0.1) is 0 Å². The molecule has 21 heavy (non-hydrogen) atoms. The van der Waals surface area contributed by atoms with Crippen LogP contribution in [-0.2, 0) is 15.6 Å². The van der Waals surface area contributed by atoms with Crippen molar-refractivity contribution in [3.63, 3.8) is 0 Å². The van der Waals surface area contributed by atoms with Crippen molar-refractivity contribution in [2.24, 2.45) is 0 Å². The van der Waals surface area contributed by atoms with Crippen LogP contribution in [0.3, 0.4) is 0 Å². The van der Waals surface area contributed by atoms with Gasteiger partial charge in [0.15, 0.2) is 9.84 Å². The summed E-state index contributed by atoms with van der Waals surface area (Å²) >= 11 is 2.91. The molecule has 0 saturated carbocycles. The molecule has 2 rings (SSSR count). The number of rotatable bonds is 3. The number of anilines is 1. The summed E-state index contributed by atoms with van der Waals surface area (Å²) in [7, 11) is -3.91. The lowest BCUT2D eigenvalue weighted by atomic mass is 10.2. The molecule has 0 saturated heterocycles. The predicted molar refractivity (Wildman–Crippen MR) is 80.5 cm³/mol. The van der Waals surface area contributed by atoms with Gasteiger partial charge in [-0.25, -0.2) is 17.2 Å². The summed E-state index contributed by atoms with van der Waals surface area (Å²) in [5.74, 6) is -2.59. The summed E-state index contributed by atoms with van der Waals surface area (Å²) in [4.78, 5) is -0.0266. The Bertz CT molecular complexity index is 807. The highest BCUT2D eigenvalue weighted by atomic mass is 79.9. The topological polar surface area (TPSA) is 60.2 Å². The van der Waals surface area contributed by atoms with E-state index in [2.05, 4.69) is 15.9 Å². The summed E-state index contributed by atoms with van der Waals surface area (Å²) in [5.41, 5.74) is 5.83. The Kier molecular flexibility index (Phi) is 4.34. The summed E-state index contributed by atoms with van der Waals surface area (Å²) < 4.78 is 52.4. The molecule has 0 amide bonds. The summed E-state index contributed by atoms with van der Waals surface area (Å²) in [5, 5.41) is 0. The third-order valence-corrected chi connectivity index (χ3v) is 5.41. The molecule has 112 valence electrons. The molecule has 0 bridgehead atoms. The molecule has 7 heteroatoms. The van der Waals surface area contributed by atoms with Crippen LogP contribution in [0.15, 0.2) is 39.7 Å². The van der Waals surface area contributed by atoms with Gasteiger partial charge >= 0.3 is 0 Å². The molecule has 0 aliphatic rings. The second kappa shape index (κ2) is 5.73. The Morgan fingerprint density at radius 1 is 1.19 bits per heavy atom. The van der Waals surface area contributed by atoms with Crippen LogP contribution in [-0.4, -0.2) is 8.42 Å². The minimum Gasteiger partial charge on any atom is -0.399 e. The van der Waals surface area contributed by atoms with Gasteiger partial charge in [-0.05, 0) is 52.7 Å². The lowest BCUT2D eigenvalue weighted by Crippen LogP contribution is -2.10. The molecule has 0 unspecified atom stereocenters. The summed E-state index contributed by atoms with van der Waals surface area (Å²) in [6, 6.07) is 6.61. The Labute approximate surface area is 129 Å². The van der Waals surface area contributed by atoms with Gasteiger partial charge in [0, 0.05) is 11.3 Å². The zero-order chi connectivity index (χ0) is 15.8. The normalized spacial score (nSPS) is 11.6. The van der Waals surface area contributed by atoms with E-state index in [1.807, 2.05) is 0 Å². The fourth-order valence-corrected chi connectivity index (χ4v) is 3.97. The van der Waals surface area contributed by atoms with Crippen molar-refractivity contribution in [3.05, 3.63) is 57.6 Å². The monoisotopic (exact) mass is 375 g/mol. The number of nitrogen functional groups attached to an aromatic ring is 1. The lowest BCUT2D eigenvalue weighted by Gasteiger charge is -2.10. The van der Waals surface area contributed by atoms with Gasteiger partial charge in [-0.3, -0.25) is 0 Å². The van der Waals surface area contributed by atoms with E-state index < -0.39 is 32.8 Å². The molecular weight excluding hydrogens is 364 g/mol. The molecule has 0 atom stereocenters. The number of halogens is 3. The molecule has 0 aliphatic carbocycles. The number of benzene rings is 2. The summed E-state index contributed by atoms with van der Waals surface area (Å²) in [6.07, 6.45) is 0. The van der Waals surface area contributed by atoms with Crippen molar-refractivity contribution in [1.29, 1.82) is 0 Å². The van der Waals surface area contributed by atoms with E-state index in [1.54, 1.807) is 19.1 Å². The zero-order valence-corrected chi connectivity index (χ0v) is 13.4. The lowest BCUT2D eigenvalue weighted by molar-refractivity contribution is 0.552. The number of hydrogen-bond acceptors (Lipinski definition) is 3. The fraction of sp³-hybridized carbons (Fsp3) is 0.143. The molecule has 0 aromatic heterocycles. The second-order valence-electron chi connectivity index (χ2n) is 4.61. The first-order valence-corrected chi connectivity index (χ1v) is 8.38. The smallest absolute Gasteiger partial charge is 0.183 e. The van der Waals surface area contributed by atoms with Crippen LogP contribution in [0.2, 0.25) is 0 Å². The summed E-state index contributed by atoms with van der Waals surface area (Å²) in [6.45, 7) is 1.60. The maximum absolute atomic E-state index is 13.9. The van der Waals surface area contributed by atoms with Crippen molar-refractivity contribution in [2.45, 2.75) is 17.6 Å². The minimum atomic E-state index is -3.91. The third-order valence-electron chi connectivity index (χ3n) is 3.02. The maximum Gasteiger partial charge on any atom is 0.183 e. The van der Waals surface area contributed by atoms with Crippen molar-refractivity contribution >= 4 is 31.5 Å². The molecule has 0 aliphatic heterocycles. The van der Waals surface area contributed by atoms with E-state index in [0.29, 0.717) is 5.56 Å². The average molecular weight is 376 g/mol. The molecule has 2 aromatic carbocycles. The van der Waals surface area contributed by atoms with Gasteiger partial charge in [0.1, 0.15) is 11.6 Å². The van der Waals surface area contributed by atoms with E-state index in [9.17, 15) is 17.2 Å². The highest BCUT2D eigenvalue weighted by Gasteiger charge is 2.23. The molecular formula is C14H12BrF2NO2S.